The van der Waals surface area contributed by atoms with Crippen molar-refractivity contribution in [1.29, 1.82) is 5.26 Å². The monoisotopic (exact) mass is 297 g/mol. The van der Waals surface area contributed by atoms with Crippen molar-refractivity contribution in [2.24, 2.45) is 0 Å². The Balaban J connectivity index is 2.39. The number of hydrogen-bond donors (Lipinski definition) is 1. The number of nitrogens with one attached hydrogen (secondary N) is 1. The van der Waals surface area contributed by atoms with E-state index in [0.717, 1.165) is 21.6 Å². The molecule has 3 aromatic rings. The minimum atomic E-state index is 0.627. The molecule has 1 aromatic heterocycles. The summed E-state index contributed by atoms with van der Waals surface area (Å²) in [5, 5.41) is 9.07. The summed E-state index contributed by atoms with van der Waals surface area (Å²) >= 11 is 7.11. The van der Waals surface area contributed by atoms with Crippen LogP contribution in [-0.2, 0) is 0 Å². The van der Waals surface area contributed by atoms with Gasteiger partial charge in [0.15, 0.2) is 4.77 Å². The largest absolute Gasteiger partial charge is 0.330 e. The number of aromatic amines is 1. The van der Waals surface area contributed by atoms with Gasteiger partial charge in [-0.1, -0.05) is 12.1 Å². The van der Waals surface area contributed by atoms with Crippen LogP contribution in [0.2, 0.25) is 0 Å². The van der Waals surface area contributed by atoms with Gasteiger partial charge in [0.25, 0.3) is 0 Å². The highest BCUT2D eigenvalue weighted by Crippen LogP contribution is 2.27. The SMILES string of the molecule is CSc1ccccc1-n1c(=S)[nH]c2ccc(C#N)cc21. The maximum Gasteiger partial charge on any atom is 0.182 e. The van der Waals surface area contributed by atoms with Crippen molar-refractivity contribution in [2.75, 3.05) is 6.26 Å². The molecule has 3 rings (SSSR count). The Morgan fingerprint density at radius 3 is 2.80 bits per heavy atom. The summed E-state index contributed by atoms with van der Waals surface area (Å²) in [4.78, 5) is 4.33. The van der Waals surface area contributed by atoms with Crippen LogP contribution in [-0.4, -0.2) is 15.8 Å². The lowest BCUT2D eigenvalue weighted by Crippen LogP contribution is -1.96. The van der Waals surface area contributed by atoms with Crippen molar-refractivity contribution in [3.63, 3.8) is 0 Å². The second-order valence-electron chi connectivity index (χ2n) is 4.28. The van der Waals surface area contributed by atoms with Crippen molar-refractivity contribution >= 4 is 35.0 Å². The van der Waals surface area contributed by atoms with Gasteiger partial charge in [-0.15, -0.1) is 11.8 Å². The molecule has 0 bridgehead atoms. The van der Waals surface area contributed by atoms with Crippen LogP contribution >= 0.6 is 24.0 Å². The molecule has 1 heterocycles. The second-order valence-corrected chi connectivity index (χ2v) is 5.52. The predicted octanol–water partition coefficient (Wildman–Crippen LogP) is 4.28. The van der Waals surface area contributed by atoms with E-state index in [1.165, 1.54) is 0 Å². The zero-order valence-corrected chi connectivity index (χ0v) is 12.4. The van der Waals surface area contributed by atoms with Crippen molar-refractivity contribution < 1.29 is 0 Å². The van der Waals surface area contributed by atoms with Gasteiger partial charge >= 0.3 is 0 Å². The standard InChI is InChI=1S/C15H11N3S2/c1-20-14-5-3-2-4-12(14)18-13-8-10(9-16)6-7-11(13)17-15(18)19/h2-8H,1H3,(H,17,19). The van der Waals surface area contributed by atoms with Crippen molar-refractivity contribution in [3.8, 4) is 11.8 Å². The number of benzene rings is 2. The van der Waals surface area contributed by atoms with Gasteiger partial charge in [-0.3, -0.25) is 4.57 Å². The normalized spacial score (nSPS) is 10.6. The van der Waals surface area contributed by atoms with Gasteiger partial charge in [-0.25, -0.2) is 0 Å². The maximum atomic E-state index is 9.07. The zero-order valence-electron chi connectivity index (χ0n) is 10.8. The van der Waals surface area contributed by atoms with Gasteiger partial charge in [-0.2, -0.15) is 5.26 Å². The summed E-state index contributed by atoms with van der Waals surface area (Å²) in [5.41, 5.74) is 3.52. The Morgan fingerprint density at radius 1 is 1.25 bits per heavy atom. The molecule has 0 saturated carbocycles. The Kier molecular flexibility index (Phi) is 3.35. The maximum absolute atomic E-state index is 9.07. The minimum Gasteiger partial charge on any atom is -0.330 e. The third-order valence-electron chi connectivity index (χ3n) is 3.14. The molecule has 0 saturated heterocycles. The first kappa shape index (κ1) is 13.0. The van der Waals surface area contributed by atoms with Gasteiger partial charge in [0.2, 0.25) is 0 Å². The van der Waals surface area contributed by atoms with Crippen molar-refractivity contribution in [2.45, 2.75) is 4.90 Å². The lowest BCUT2D eigenvalue weighted by molar-refractivity contribution is 1.03. The number of nitrogens with zero attached hydrogens (tertiary/aromatic N) is 2. The second kappa shape index (κ2) is 5.16. The van der Waals surface area contributed by atoms with E-state index < -0.39 is 0 Å². The number of para-hydroxylation sites is 1. The van der Waals surface area contributed by atoms with Crippen LogP contribution in [0.4, 0.5) is 0 Å². The third-order valence-corrected chi connectivity index (χ3v) is 4.21. The van der Waals surface area contributed by atoms with Crippen molar-refractivity contribution in [3.05, 3.63) is 52.8 Å². The molecule has 0 aliphatic carbocycles. The minimum absolute atomic E-state index is 0.627. The first-order chi connectivity index (χ1) is 9.74. The Labute approximate surface area is 125 Å². The molecule has 0 amide bonds. The summed E-state index contributed by atoms with van der Waals surface area (Å²) in [5.74, 6) is 0. The number of imidazole rings is 1. The number of hydrogen-bond acceptors (Lipinski definition) is 3. The Hall–Kier alpha value is -2.03. The van der Waals surface area contributed by atoms with Gasteiger partial charge in [0.05, 0.1) is 28.4 Å². The van der Waals surface area contributed by atoms with Crippen LogP contribution in [0.15, 0.2) is 47.4 Å². The van der Waals surface area contributed by atoms with Crippen LogP contribution < -0.4 is 0 Å². The third kappa shape index (κ3) is 2.03. The molecule has 0 atom stereocenters. The first-order valence-corrected chi connectivity index (χ1v) is 7.66. The lowest BCUT2D eigenvalue weighted by atomic mass is 10.2. The summed E-state index contributed by atoms with van der Waals surface area (Å²) < 4.78 is 2.62. The number of fused-ring (bicyclic) bond motifs is 1. The molecule has 3 nitrogen and oxygen atoms in total. The molecular weight excluding hydrogens is 286 g/mol. The molecule has 2 aromatic carbocycles. The van der Waals surface area contributed by atoms with E-state index in [2.05, 4.69) is 17.1 Å². The predicted molar refractivity (Wildman–Crippen MR) is 85.0 cm³/mol. The van der Waals surface area contributed by atoms with E-state index in [1.807, 2.05) is 41.2 Å². The zero-order chi connectivity index (χ0) is 14.1. The fourth-order valence-electron chi connectivity index (χ4n) is 2.23. The van der Waals surface area contributed by atoms with Gasteiger partial charge in [0, 0.05) is 4.90 Å². The summed E-state index contributed by atoms with van der Waals surface area (Å²) in [6.45, 7) is 0. The molecule has 0 aliphatic rings. The topological polar surface area (TPSA) is 44.5 Å². The highest BCUT2D eigenvalue weighted by Gasteiger charge is 2.10. The van der Waals surface area contributed by atoms with E-state index in [-0.39, 0.29) is 0 Å². The van der Waals surface area contributed by atoms with E-state index in [4.69, 9.17) is 17.5 Å². The van der Waals surface area contributed by atoms with E-state index in [1.54, 1.807) is 17.8 Å². The molecule has 5 heteroatoms. The number of rotatable bonds is 2. The fraction of sp³-hybridized carbons (Fsp3) is 0.0667. The Bertz CT molecular complexity index is 884. The molecule has 98 valence electrons. The van der Waals surface area contributed by atoms with Crippen LogP contribution in [0.5, 0.6) is 0 Å². The number of nitriles is 1. The lowest BCUT2D eigenvalue weighted by Gasteiger charge is -2.09. The number of H-pyrrole nitrogens is 1. The number of thioether (sulfide) groups is 1. The van der Waals surface area contributed by atoms with E-state index in [0.29, 0.717) is 10.3 Å². The average molecular weight is 297 g/mol. The van der Waals surface area contributed by atoms with Gasteiger partial charge in [-0.05, 0) is 48.8 Å². The molecular formula is C15H11N3S2. The number of aromatic nitrogens is 2. The average Bonchev–Trinajstić information content (AvgIpc) is 2.81. The molecule has 0 radical (unpaired) electrons. The molecule has 0 aliphatic heterocycles. The molecule has 20 heavy (non-hydrogen) atoms. The van der Waals surface area contributed by atoms with Crippen LogP contribution in [0.25, 0.3) is 16.7 Å². The summed E-state index contributed by atoms with van der Waals surface area (Å²) in [6.07, 6.45) is 2.04. The van der Waals surface area contributed by atoms with Crippen LogP contribution in [0, 0.1) is 16.1 Å². The fourth-order valence-corrected chi connectivity index (χ4v) is 3.12. The summed E-state index contributed by atoms with van der Waals surface area (Å²) in [6, 6.07) is 15.8. The first-order valence-electron chi connectivity index (χ1n) is 6.03. The molecule has 0 spiro atoms. The quantitative estimate of drug-likeness (QED) is 0.567. The highest BCUT2D eigenvalue weighted by molar-refractivity contribution is 7.98. The molecule has 1 N–H and O–H groups in total. The molecule has 0 fully saturated rings. The van der Waals surface area contributed by atoms with Crippen molar-refractivity contribution in [1.82, 2.24) is 9.55 Å². The molecule has 0 unspecified atom stereocenters. The van der Waals surface area contributed by atoms with Gasteiger partial charge < -0.3 is 4.98 Å². The smallest absolute Gasteiger partial charge is 0.182 e. The van der Waals surface area contributed by atoms with E-state index >= 15 is 0 Å². The highest BCUT2D eigenvalue weighted by atomic mass is 32.2. The summed E-state index contributed by atoms with van der Waals surface area (Å²) in [7, 11) is 0. The van der Waals surface area contributed by atoms with Crippen LogP contribution in [0.1, 0.15) is 5.56 Å². The van der Waals surface area contributed by atoms with E-state index in [9.17, 15) is 0 Å². The Morgan fingerprint density at radius 2 is 2.05 bits per heavy atom. The van der Waals surface area contributed by atoms with Gasteiger partial charge in [0.1, 0.15) is 0 Å². The van der Waals surface area contributed by atoms with Crippen LogP contribution in [0.3, 0.4) is 0 Å².